The molecule has 0 heterocycles. The summed E-state index contributed by atoms with van der Waals surface area (Å²) in [4.78, 5) is 0. The summed E-state index contributed by atoms with van der Waals surface area (Å²) in [6.45, 7) is 1.74. The third-order valence-corrected chi connectivity index (χ3v) is 1.48. The Morgan fingerprint density at radius 2 is 2.10 bits per heavy atom. The summed E-state index contributed by atoms with van der Waals surface area (Å²) in [6.07, 6.45) is 0. The van der Waals surface area contributed by atoms with Crippen LogP contribution < -0.4 is 5.46 Å². The number of hydrogen-bond acceptors (Lipinski definition) is 1. The minimum absolute atomic E-state index is 0.0168. The average Bonchev–Trinajstić information content (AvgIpc) is 1.84. The zero-order valence-corrected chi connectivity index (χ0v) is 5.98. The fraction of sp³-hybridized carbons (Fsp3) is 0.143. The lowest BCUT2D eigenvalue weighted by molar-refractivity contribution is 0.465. The number of aryl methyl sites for hydroxylation is 1. The van der Waals surface area contributed by atoms with Gasteiger partial charge in [-0.25, -0.2) is 4.39 Å². The molecule has 1 rings (SSSR count). The van der Waals surface area contributed by atoms with Crippen LogP contribution in [0.3, 0.4) is 0 Å². The first kappa shape index (κ1) is 7.13. The summed E-state index contributed by atoms with van der Waals surface area (Å²) in [6, 6.07) is 2.75. The second-order valence-electron chi connectivity index (χ2n) is 2.39. The lowest BCUT2D eigenvalue weighted by atomic mass is 9.93. The van der Waals surface area contributed by atoms with Crippen LogP contribution in [0, 0.1) is 12.7 Å². The van der Waals surface area contributed by atoms with Gasteiger partial charge in [-0.1, -0.05) is 11.5 Å². The van der Waals surface area contributed by atoms with Crippen LogP contribution in [0.2, 0.25) is 0 Å². The SMILES string of the molecule is Bc1cc(C)c(O)cc1F. The highest BCUT2D eigenvalue weighted by molar-refractivity contribution is 6.32. The molecule has 0 fully saturated rings. The van der Waals surface area contributed by atoms with Gasteiger partial charge in [-0.15, -0.1) is 0 Å². The molecular formula is C7H8BFO. The Morgan fingerprint density at radius 3 is 2.60 bits per heavy atom. The fourth-order valence-electron chi connectivity index (χ4n) is 0.815. The van der Waals surface area contributed by atoms with Gasteiger partial charge in [0, 0.05) is 6.07 Å². The topological polar surface area (TPSA) is 20.2 Å². The van der Waals surface area contributed by atoms with Gasteiger partial charge in [0.25, 0.3) is 0 Å². The molecule has 0 unspecified atom stereocenters. The van der Waals surface area contributed by atoms with Crippen LogP contribution in [-0.2, 0) is 0 Å². The van der Waals surface area contributed by atoms with Crippen molar-refractivity contribution in [3.63, 3.8) is 0 Å². The first-order chi connectivity index (χ1) is 4.61. The van der Waals surface area contributed by atoms with E-state index in [1.54, 1.807) is 20.8 Å². The van der Waals surface area contributed by atoms with E-state index in [-0.39, 0.29) is 11.6 Å². The van der Waals surface area contributed by atoms with Gasteiger partial charge in [-0.3, -0.25) is 0 Å². The number of aromatic hydroxyl groups is 1. The number of halogens is 1. The molecule has 0 aliphatic carbocycles. The molecule has 0 saturated heterocycles. The van der Waals surface area contributed by atoms with Crippen molar-refractivity contribution in [2.75, 3.05) is 0 Å². The highest BCUT2D eigenvalue weighted by Gasteiger charge is 2.00. The normalized spacial score (nSPS) is 9.80. The number of phenolic OH excluding ortho intramolecular Hbond substituents is 1. The molecule has 0 atom stereocenters. The Bertz CT molecular complexity index is 210. The molecule has 3 heteroatoms. The summed E-state index contributed by atoms with van der Waals surface area (Å²) < 4.78 is 12.6. The second-order valence-corrected chi connectivity index (χ2v) is 2.39. The van der Waals surface area contributed by atoms with Crippen molar-refractivity contribution in [3.05, 3.63) is 23.5 Å². The van der Waals surface area contributed by atoms with Crippen molar-refractivity contribution in [2.45, 2.75) is 6.92 Å². The Morgan fingerprint density at radius 1 is 1.50 bits per heavy atom. The summed E-state index contributed by atoms with van der Waals surface area (Å²) in [5.41, 5.74) is 1.27. The van der Waals surface area contributed by atoms with Gasteiger partial charge in [-0.05, 0) is 12.5 Å². The van der Waals surface area contributed by atoms with Gasteiger partial charge in [0.05, 0.1) is 0 Å². The number of hydrogen-bond donors (Lipinski definition) is 1. The lowest BCUT2D eigenvalue weighted by Gasteiger charge is -2.00. The van der Waals surface area contributed by atoms with Crippen molar-refractivity contribution in [1.29, 1.82) is 0 Å². The van der Waals surface area contributed by atoms with Crippen LogP contribution >= 0.6 is 0 Å². The van der Waals surface area contributed by atoms with Crippen LogP contribution in [0.4, 0.5) is 4.39 Å². The molecule has 0 bridgehead atoms. The van der Waals surface area contributed by atoms with Crippen LogP contribution in [0.15, 0.2) is 12.1 Å². The summed E-state index contributed by atoms with van der Waals surface area (Å²) in [5, 5.41) is 8.98. The largest absolute Gasteiger partial charge is 0.508 e. The van der Waals surface area contributed by atoms with Gasteiger partial charge >= 0.3 is 0 Å². The monoisotopic (exact) mass is 138 g/mol. The Kier molecular flexibility index (Phi) is 1.66. The standard InChI is InChI=1S/C7H8BFO/c1-4-2-5(8)6(9)3-7(4)10/h2-3,10H,8H2,1H3. The molecule has 52 valence electrons. The molecule has 0 saturated carbocycles. The Labute approximate surface area is 59.9 Å². The van der Waals surface area contributed by atoms with Crippen LogP contribution in [0.25, 0.3) is 0 Å². The predicted molar refractivity (Wildman–Crippen MR) is 41.0 cm³/mol. The van der Waals surface area contributed by atoms with E-state index in [0.29, 0.717) is 11.0 Å². The summed E-state index contributed by atoms with van der Waals surface area (Å²) in [5.74, 6) is -0.341. The molecule has 0 radical (unpaired) electrons. The van der Waals surface area contributed by atoms with Crippen molar-refractivity contribution in [1.82, 2.24) is 0 Å². The lowest BCUT2D eigenvalue weighted by Crippen LogP contribution is -2.07. The van der Waals surface area contributed by atoms with E-state index in [2.05, 4.69) is 0 Å². The maximum atomic E-state index is 12.6. The number of benzene rings is 1. The highest BCUT2D eigenvalue weighted by Crippen LogP contribution is 2.13. The van der Waals surface area contributed by atoms with E-state index < -0.39 is 0 Å². The zero-order chi connectivity index (χ0) is 7.72. The molecule has 0 amide bonds. The van der Waals surface area contributed by atoms with E-state index >= 15 is 0 Å². The number of rotatable bonds is 0. The zero-order valence-electron chi connectivity index (χ0n) is 5.98. The molecule has 1 N–H and O–H groups in total. The van der Waals surface area contributed by atoms with Gasteiger partial charge in [0.2, 0.25) is 0 Å². The van der Waals surface area contributed by atoms with Crippen molar-refractivity contribution >= 4 is 13.3 Å². The summed E-state index contributed by atoms with van der Waals surface area (Å²) >= 11 is 0. The molecule has 10 heavy (non-hydrogen) atoms. The smallest absolute Gasteiger partial charge is 0.143 e. The van der Waals surface area contributed by atoms with Crippen molar-refractivity contribution in [2.24, 2.45) is 0 Å². The van der Waals surface area contributed by atoms with E-state index in [1.165, 1.54) is 0 Å². The van der Waals surface area contributed by atoms with Gasteiger partial charge in [-0.2, -0.15) is 0 Å². The van der Waals surface area contributed by atoms with Gasteiger partial charge < -0.3 is 5.11 Å². The van der Waals surface area contributed by atoms with E-state index in [9.17, 15) is 4.39 Å². The van der Waals surface area contributed by atoms with Crippen LogP contribution in [0.5, 0.6) is 5.75 Å². The molecule has 0 aromatic heterocycles. The highest BCUT2D eigenvalue weighted by atomic mass is 19.1. The third kappa shape index (κ3) is 1.13. The molecule has 1 aromatic rings. The summed E-state index contributed by atoms with van der Waals surface area (Å²) in [7, 11) is 1.67. The van der Waals surface area contributed by atoms with Gasteiger partial charge in [0.15, 0.2) is 0 Å². The maximum Gasteiger partial charge on any atom is 0.143 e. The molecule has 0 aliphatic rings. The second kappa shape index (κ2) is 2.33. The Hall–Kier alpha value is -0.985. The molecular weight excluding hydrogens is 130 g/mol. The van der Waals surface area contributed by atoms with E-state index in [1.807, 2.05) is 0 Å². The van der Waals surface area contributed by atoms with E-state index in [0.717, 1.165) is 6.07 Å². The minimum Gasteiger partial charge on any atom is -0.508 e. The van der Waals surface area contributed by atoms with Gasteiger partial charge in [0.1, 0.15) is 19.4 Å². The fourth-order valence-corrected chi connectivity index (χ4v) is 0.815. The molecule has 1 aromatic carbocycles. The van der Waals surface area contributed by atoms with E-state index in [4.69, 9.17) is 5.11 Å². The van der Waals surface area contributed by atoms with Crippen LogP contribution in [-0.4, -0.2) is 13.0 Å². The first-order valence-electron chi connectivity index (χ1n) is 3.07. The van der Waals surface area contributed by atoms with Crippen molar-refractivity contribution < 1.29 is 9.50 Å². The number of phenols is 1. The minimum atomic E-state index is -0.358. The van der Waals surface area contributed by atoms with Crippen LogP contribution in [0.1, 0.15) is 5.56 Å². The average molecular weight is 138 g/mol. The molecule has 0 aliphatic heterocycles. The molecule has 0 spiro atoms. The maximum absolute atomic E-state index is 12.6. The first-order valence-corrected chi connectivity index (χ1v) is 3.07. The third-order valence-electron chi connectivity index (χ3n) is 1.48. The quantitative estimate of drug-likeness (QED) is 0.504. The Balaban J connectivity index is 3.28. The van der Waals surface area contributed by atoms with Crippen molar-refractivity contribution in [3.8, 4) is 5.75 Å². The molecule has 1 nitrogen and oxygen atoms in total. The predicted octanol–water partition coefficient (Wildman–Crippen LogP) is 0.0981.